The minimum absolute atomic E-state index is 0.140. The second-order valence-electron chi connectivity index (χ2n) is 5.69. The number of anilines is 4. The Morgan fingerprint density at radius 2 is 1.80 bits per heavy atom. The maximum Gasteiger partial charge on any atom is 0.236 e. The number of benzene rings is 1. The van der Waals surface area contributed by atoms with Crippen molar-refractivity contribution in [2.24, 2.45) is 5.92 Å². The van der Waals surface area contributed by atoms with E-state index >= 15 is 0 Å². The van der Waals surface area contributed by atoms with Gasteiger partial charge in [0.1, 0.15) is 0 Å². The van der Waals surface area contributed by atoms with Crippen molar-refractivity contribution in [3.63, 3.8) is 0 Å². The van der Waals surface area contributed by atoms with Crippen LogP contribution in [0.3, 0.4) is 0 Å². The topological polar surface area (TPSA) is 91.8 Å². The highest BCUT2D eigenvalue weighted by atomic mass is 16.2. The van der Waals surface area contributed by atoms with E-state index in [1.807, 2.05) is 55.5 Å². The molecule has 25 heavy (non-hydrogen) atoms. The summed E-state index contributed by atoms with van der Waals surface area (Å²) in [6.45, 7) is 2.01. The first-order chi connectivity index (χ1) is 12.1. The van der Waals surface area contributed by atoms with Crippen LogP contribution in [-0.4, -0.2) is 27.9 Å². The molecule has 0 aliphatic heterocycles. The highest BCUT2D eigenvalue weighted by Gasteiger charge is 2.18. The van der Waals surface area contributed by atoms with Crippen LogP contribution in [-0.2, 0) is 4.79 Å². The lowest BCUT2D eigenvalue weighted by atomic mass is 9.97. The Labute approximate surface area is 146 Å². The molecule has 0 radical (unpaired) electrons. The normalized spacial score (nSPS) is 16.1. The molecule has 128 valence electrons. The highest BCUT2D eigenvalue weighted by Crippen LogP contribution is 2.19. The molecule has 3 N–H and O–H groups in total. The lowest BCUT2D eigenvalue weighted by molar-refractivity contribution is -0.118. The summed E-state index contributed by atoms with van der Waals surface area (Å²) in [4.78, 5) is 25.1. The van der Waals surface area contributed by atoms with Crippen LogP contribution >= 0.6 is 0 Å². The van der Waals surface area contributed by atoms with E-state index in [4.69, 9.17) is 0 Å². The van der Waals surface area contributed by atoms with E-state index in [1.54, 1.807) is 7.05 Å². The second kappa shape index (κ2) is 7.57. The zero-order chi connectivity index (χ0) is 17.6. The summed E-state index contributed by atoms with van der Waals surface area (Å²) in [5, 5.41) is 8.74. The van der Waals surface area contributed by atoms with Gasteiger partial charge < -0.3 is 10.6 Å². The minimum Gasteiger partial charge on any atom is -0.357 e. The first-order valence-corrected chi connectivity index (χ1v) is 8.06. The molecule has 0 spiro atoms. The maximum absolute atomic E-state index is 12.4. The average molecular weight is 336 g/mol. The average Bonchev–Trinajstić information content (AvgIpc) is 2.63. The molecule has 1 unspecified atom stereocenters. The van der Waals surface area contributed by atoms with Gasteiger partial charge in [-0.3, -0.25) is 10.1 Å². The second-order valence-corrected chi connectivity index (χ2v) is 5.69. The minimum atomic E-state index is -0.218. The first kappa shape index (κ1) is 16.6. The summed E-state index contributed by atoms with van der Waals surface area (Å²) < 4.78 is 0. The van der Waals surface area contributed by atoms with Crippen LogP contribution < -0.4 is 16.0 Å². The fourth-order valence-corrected chi connectivity index (χ4v) is 2.37. The number of allylic oxidation sites excluding steroid dienone is 3. The molecule has 0 saturated carbocycles. The van der Waals surface area contributed by atoms with Gasteiger partial charge in [0.2, 0.25) is 23.8 Å². The molecule has 7 heteroatoms. The van der Waals surface area contributed by atoms with Crippen LogP contribution in [0.5, 0.6) is 0 Å². The summed E-state index contributed by atoms with van der Waals surface area (Å²) in [7, 11) is 1.71. The third kappa shape index (κ3) is 4.41. The van der Waals surface area contributed by atoms with Gasteiger partial charge in [-0.1, -0.05) is 42.0 Å². The molecule has 3 rings (SSSR count). The zero-order valence-electron chi connectivity index (χ0n) is 14.2. The van der Waals surface area contributed by atoms with Gasteiger partial charge in [-0.25, -0.2) is 0 Å². The third-order valence-corrected chi connectivity index (χ3v) is 3.75. The van der Waals surface area contributed by atoms with Gasteiger partial charge in [0.25, 0.3) is 0 Å². The van der Waals surface area contributed by atoms with E-state index in [1.165, 1.54) is 0 Å². The number of nitrogens with zero attached hydrogens (tertiary/aromatic N) is 3. The van der Waals surface area contributed by atoms with Crippen molar-refractivity contribution in [3.05, 3.63) is 54.1 Å². The number of rotatable bonds is 5. The van der Waals surface area contributed by atoms with Crippen molar-refractivity contribution in [1.82, 2.24) is 15.0 Å². The number of hydrogen-bond donors (Lipinski definition) is 3. The van der Waals surface area contributed by atoms with Crippen molar-refractivity contribution in [2.45, 2.75) is 13.3 Å². The fraction of sp³-hybridized carbons (Fsp3) is 0.222. The number of amides is 1. The smallest absolute Gasteiger partial charge is 0.236 e. The maximum atomic E-state index is 12.4. The molecule has 2 aromatic rings. The van der Waals surface area contributed by atoms with Gasteiger partial charge in [0, 0.05) is 12.7 Å². The number of para-hydroxylation sites is 1. The molecule has 1 heterocycles. The standard InChI is InChI=1S/C18H20N6O/c1-12-8-10-13(11-9-12)15(25)21-18-23-16(19-2)22-17(24-18)20-14-6-4-3-5-7-14/h3-10,13H,11H2,1-2H3,(H3,19,20,21,22,23,24,25). The fourth-order valence-electron chi connectivity index (χ4n) is 2.37. The third-order valence-electron chi connectivity index (χ3n) is 3.75. The van der Waals surface area contributed by atoms with Crippen LogP contribution in [0, 0.1) is 5.92 Å². The number of aromatic nitrogens is 3. The van der Waals surface area contributed by atoms with E-state index in [9.17, 15) is 4.79 Å². The van der Waals surface area contributed by atoms with E-state index < -0.39 is 0 Å². The molecule has 7 nitrogen and oxygen atoms in total. The molecule has 0 saturated heterocycles. The van der Waals surface area contributed by atoms with Gasteiger partial charge in [-0.2, -0.15) is 15.0 Å². The molecule has 0 fully saturated rings. The van der Waals surface area contributed by atoms with E-state index in [0.717, 1.165) is 11.3 Å². The van der Waals surface area contributed by atoms with Crippen LogP contribution in [0.25, 0.3) is 0 Å². The Hall–Kier alpha value is -3.22. The van der Waals surface area contributed by atoms with Crippen molar-refractivity contribution >= 4 is 29.4 Å². The van der Waals surface area contributed by atoms with Crippen molar-refractivity contribution < 1.29 is 4.79 Å². The Morgan fingerprint density at radius 1 is 1.08 bits per heavy atom. The van der Waals surface area contributed by atoms with Crippen LogP contribution in [0.15, 0.2) is 54.1 Å². The molecule has 1 aromatic carbocycles. The predicted octanol–water partition coefficient (Wildman–Crippen LogP) is 3.12. The summed E-state index contributed by atoms with van der Waals surface area (Å²) >= 11 is 0. The van der Waals surface area contributed by atoms with Gasteiger partial charge in [-0.15, -0.1) is 0 Å². The van der Waals surface area contributed by atoms with E-state index in [-0.39, 0.29) is 17.8 Å². The number of nitrogens with one attached hydrogen (secondary N) is 3. The zero-order valence-corrected chi connectivity index (χ0v) is 14.2. The predicted molar refractivity (Wildman–Crippen MR) is 98.7 cm³/mol. The molecule has 0 bridgehead atoms. The Balaban J connectivity index is 1.75. The van der Waals surface area contributed by atoms with Crippen molar-refractivity contribution in [1.29, 1.82) is 0 Å². The largest absolute Gasteiger partial charge is 0.357 e. The summed E-state index contributed by atoms with van der Waals surface area (Å²) in [6, 6.07) is 9.56. The van der Waals surface area contributed by atoms with Gasteiger partial charge in [-0.05, 0) is 25.5 Å². The quantitative estimate of drug-likeness (QED) is 0.777. The molecule has 1 aliphatic carbocycles. The summed E-state index contributed by atoms with van der Waals surface area (Å²) in [5.41, 5.74) is 2.01. The molecule has 1 aliphatic rings. The number of carbonyl (C=O) groups is 1. The van der Waals surface area contributed by atoms with E-state index in [0.29, 0.717) is 18.3 Å². The van der Waals surface area contributed by atoms with Crippen molar-refractivity contribution in [3.8, 4) is 0 Å². The SMILES string of the molecule is CNc1nc(NC(=O)C2C=CC(C)=CC2)nc(Nc2ccccc2)n1. The molecule has 1 aromatic heterocycles. The monoisotopic (exact) mass is 336 g/mol. The van der Waals surface area contributed by atoms with Gasteiger partial charge in [0.05, 0.1) is 5.92 Å². The Bertz CT molecular complexity index is 816. The Kier molecular flexibility index (Phi) is 5.03. The number of hydrogen-bond acceptors (Lipinski definition) is 6. The molecule has 1 amide bonds. The molecular formula is C18H20N6O. The highest BCUT2D eigenvalue weighted by molar-refractivity contribution is 5.92. The van der Waals surface area contributed by atoms with Gasteiger partial charge >= 0.3 is 0 Å². The first-order valence-electron chi connectivity index (χ1n) is 8.06. The van der Waals surface area contributed by atoms with Crippen LogP contribution in [0.1, 0.15) is 13.3 Å². The Morgan fingerprint density at radius 3 is 2.48 bits per heavy atom. The van der Waals surface area contributed by atoms with Gasteiger partial charge in [0.15, 0.2) is 0 Å². The lowest BCUT2D eigenvalue weighted by Crippen LogP contribution is -2.23. The van der Waals surface area contributed by atoms with E-state index in [2.05, 4.69) is 30.9 Å². The van der Waals surface area contributed by atoms with Crippen LogP contribution in [0.4, 0.5) is 23.5 Å². The van der Waals surface area contributed by atoms with Crippen LogP contribution in [0.2, 0.25) is 0 Å². The van der Waals surface area contributed by atoms with Crippen molar-refractivity contribution in [2.75, 3.05) is 23.0 Å². The number of carbonyl (C=O) groups excluding carboxylic acids is 1. The summed E-state index contributed by atoms with van der Waals surface area (Å²) in [5.74, 6) is 0.583. The summed E-state index contributed by atoms with van der Waals surface area (Å²) in [6.07, 6.45) is 6.56. The molecular weight excluding hydrogens is 316 g/mol. The molecule has 1 atom stereocenters. The lowest BCUT2D eigenvalue weighted by Gasteiger charge is -2.15.